The highest BCUT2D eigenvalue weighted by molar-refractivity contribution is 6.33. The maximum absolute atomic E-state index is 15.5. The fourth-order valence-electron chi connectivity index (χ4n) is 9.29. The van der Waals surface area contributed by atoms with E-state index in [2.05, 4.69) is 10.4 Å². The Morgan fingerprint density at radius 2 is 1.58 bits per heavy atom. The Bertz CT molecular complexity index is 2340. The Balaban J connectivity index is 1.34. The number of benzene rings is 3. The average Bonchev–Trinajstić information content (AvgIpc) is 3.55. The van der Waals surface area contributed by atoms with Crippen LogP contribution in [-0.4, -0.2) is 57.8 Å². The lowest BCUT2D eigenvalue weighted by Gasteiger charge is -2.51. The molecule has 0 bridgehead atoms. The van der Waals surface area contributed by atoms with Gasteiger partial charge in [0.2, 0.25) is 11.8 Å². The summed E-state index contributed by atoms with van der Waals surface area (Å²) in [6.07, 6.45) is -2.34. The van der Waals surface area contributed by atoms with E-state index in [1.165, 1.54) is 31.3 Å². The second-order valence-electron chi connectivity index (χ2n) is 14.4. The van der Waals surface area contributed by atoms with Crippen molar-refractivity contribution in [3.8, 4) is 17.2 Å². The normalized spacial score (nSPS) is 25.5. The number of halogens is 5. The van der Waals surface area contributed by atoms with Crippen LogP contribution in [0.3, 0.4) is 0 Å². The molecule has 3 aromatic carbocycles. The number of hydrogen-bond donors (Lipinski definition) is 2. The summed E-state index contributed by atoms with van der Waals surface area (Å²) >= 11 is 12.6. The van der Waals surface area contributed by atoms with Crippen molar-refractivity contribution < 1.29 is 46.9 Å². The molecule has 2 aliphatic carbocycles. The first-order valence-electron chi connectivity index (χ1n) is 17.9. The van der Waals surface area contributed by atoms with Crippen LogP contribution >= 0.6 is 23.2 Å². The van der Waals surface area contributed by atoms with Crippen molar-refractivity contribution in [3.63, 3.8) is 0 Å². The molecule has 57 heavy (non-hydrogen) atoms. The molecule has 4 aromatic rings. The van der Waals surface area contributed by atoms with E-state index < -0.39 is 75.3 Å². The van der Waals surface area contributed by atoms with Gasteiger partial charge in [-0.2, -0.15) is 18.2 Å². The van der Waals surface area contributed by atoms with Crippen LogP contribution in [-0.2, 0) is 37.3 Å². The summed E-state index contributed by atoms with van der Waals surface area (Å²) in [5.74, 6) is -7.59. The van der Waals surface area contributed by atoms with Crippen LogP contribution in [0.1, 0.15) is 41.0 Å². The Morgan fingerprint density at radius 1 is 0.912 bits per heavy atom. The van der Waals surface area contributed by atoms with Crippen LogP contribution in [0.25, 0.3) is 0 Å². The first kappa shape index (κ1) is 38.3. The molecule has 1 aromatic heterocycles. The number of anilines is 1. The molecular weight excluding hydrogens is 788 g/mol. The third-order valence-corrected chi connectivity index (χ3v) is 12.2. The summed E-state index contributed by atoms with van der Waals surface area (Å²) < 4.78 is 52.3. The largest absolute Gasteiger partial charge is 0.508 e. The maximum Gasteiger partial charge on any atom is 0.417 e. The van der Waals surface area contributed by atoms with Crippen LogP contribution in [0.15, 0.2) is 90.6 Å². The predicted octanol–water partition coefficient (Wildman–Crippen LogP) is 7.32. The Labute approximate surface area is 333 Å². The number of methoxy groups -OCH3 is 2. The molecule has 16 heteroatoms. The van der Waals surface area contributed by atoms with Crippen LogP contribution in [0.5, 0.6) is 17.2 Å². The Hall–Kier alpha value is -5.60. The van der Waals surface area contributed by atoms with Gasteiger partial charge in [0.15, 0.2) is 5.82 Å². The lowest BCUT2D eigenvalue weighted by atomic mass is 9.49. The molecule has 2 aliphatic heterocycles. The molecule has 0 unspecified atom stereocenters. The lowest BCUT2D eigenvalue weighted by molar-refractivity contribution is -0.142. The van der Waals surface area contributed by atoms with Crippen molar-refractivity contribution in [2.45, 2.75) is 36.9 Å². The number of fused-ring (bicyclic) bond motifs is 4. The number of likely N-dealkylation sites (tertiary alicyclic amines) is 1. The van der Waals surface area contributed by atoms with E-state index in [0.717, 1.165) is 5.56 Å². The number of hydrogen-bond acceptors (Lipinski definition) is 9. The molecule has 1 saturated carbocycles. The van der Waals surface area contributed by atoms with E-state index in [1.807, 2.05) is 36.4 Å². The predicted molar refractivity (Wildman–Crippen MR) is 200 cm³/mol. The second-order valence-corrected chi connectivity index (χ2v) is 15.3. The van der Waals surface area contributed by atoms with Gasteiger partial charge in [0, 0.05) is 34.8 Å². The number of carbonyl (C=O) groups is 4. The summed E-state index contributed by atoms with van der Waals surface area (Å²) in [4.78, 5) is 64.1. The molecule has 8 rings (SSSR count). The number of phenolic OH excluding ortho intramolecular Hbond substituents is 1. The SMILES string of the molecule is COc1cc(O)cc(OC)c1[C@H]1C2=CC[C@@H]3C(=O)N(Cc4ccccc4)C(=O)[C@@H]3[C@@H]2C[C@H]2C(=O)N(Nc3ncc(C(F)(F)F)cc3Cl)C(=O)[C@@]12c1ccc(Cl)cc1. The zero-order valence-electron chi connectivity index (χ0n) is 30.2. The smallest absolute Gasteiger partial charge is 0.417 e. The van der Waals surface area contributed by atoms with Gasteiger partial charge in [-0.3, -0.25) is 29.5 Å². The number of rotatable bonds is 8. The summed E-state index contributed by atoms with van der Waals surface area (Å²) in [6, 6.07) is 18.7. The van der Waals surface area contributed by atoms with E-state index in [1.54, 1.807) is 24.3 Å². The first-order chi connectivity index (χ1) is 27.2. The molecule has 3 fully saturated rings. The highest BCUT2D eigenvalue weighted by Crippen LogP contribution is 2.66. The minimum atomic E-state index is -4.77. The van der Waals surface area contributed by atoms with Crippen LogP contribution in [0.4, 0.5) is 19.0 Å². The number of allylic oxidation sites excluding steroid dienone is 2. The third kappa shape index (κ3) is 5.99. The fraction of sp³-hybridized carbons (Fsp3) is 0.293. The highest BCUT2D eigenvalue weighted by atomic mass is 35.5. The first-order valence-corrected chi connectivity index (χ1v) is 18.6. The van der Waals surface area contributed by atoms with E-state index >= 15 is 4.79 Å². The third-order valence-electron chi connectivity index (χ3n) is 11.6. The van der Waals surface area contributed by atoms with E-state index in [4.69, 9.17) is 32.7 Å². The number of amides is 4. The van der Waals surface area contributed by atoms with Crippen LogP contribution in [0, 0.1) is 23.7 Å². The number of aromatic nitrogens is 1. The fourth-order valence-corrected chi connectivity index (χ4v) is 9.63. The highest BCUT2D eigenvalue weighted by Gasteiger charge is 2.71. The zero-order valence-corrected chi connectivity index (χ0v) is 31.7. The minimum Gasteiger partial charge on any atom is -0.508 e. The van der Waals surface area contributed by atoms with Gasteiger partial charge in [0.05, 0.1) is 54.5 Å². The molecule has 3 heterocycles. The number of carbonyl (C=O) groups excluding carboxylic acids is 4. The molecule has 11 nitrogen and oxygen atoms in total. The molecular formula is C41H33Cl2F3N4O7. The standard InChI is InChI=1S/C41H33Cl2F3N4O7/c1-56-30-15-24(51)16-31(57-2)33(30)34-25-12-13-26-32(38(54)49(36(26)52)19-20-6-4-3-5-7-20)27(25)17-28-37(53)50(39(55)40(28,34)21-8-10-23(42)11-9-21)48-35-29(43)14-22(18-47-35)41(44,45)46/h3-12,14-16,18,26-28,32,34,51H,13,17,19H2,1-2H3,(H,47,48)/t26-,27+,28-,32-,34+,40+/m0/s1. The summed E-state index contributed by atoms with van der Waals surface area (Å²) in [5.41, 5.74) is 1.56. The van der Waals surface area contributed by atoms with Gasteiger partial charge in [-0.1, -0.05) is 77.3 Å². The number of ether oxygens (including phenoxy) is 2. The van der Waals surface area contributed by atoms with E-state index in [9.17, 15) is 32.7 Å². The second kappa shape index (κ2) is 14.1. The van der Waals surface area contributed by atoms with Crippen molar-refractivity contribution in [2.24, 2.45) is 23.7 Å². The average molecular weight is 822 g/mol. The molecule has 4 amide bonds. The molecule has 2 N–H and O–H groups in total. The monoisotopic (exact) mass is 820 g/mol. The molecule has 6 atom stereocenters. The number of phenols is 1. The van der Waals surface area contributed by atoms with Gasteiger partial charge in [0.25, 0.3) is 11.8 Å². The summed E-state index contributed by atoms with van der Waals surface area (Å²) in [6.45, 7) is 0.0464. The number of hydrazine groups is 1. The summed E-state index contributed by atoms with van der Waals surface area (Å²) in [7, 11) is 2.73. The van der Waals surface area contributed by atoms with Crippen molar-refractivity contribution >= 4 is 52.6 Å². The Morgan fingerprint density at radius 3 is 2.19 bits per heavy atom. The van der Waals surface area contributed by atoms with Gasteiger partial charge in [-0.15, -0.1) is 0 Å². The van der Waals surface area contributed by atoms with Crippen molar-refractivity contribution in [1.29, 1.82) is 0 Å². The molecule has 4 aliphatic rings. The van der Waals surface area contributed by atoms with Gasteiger partial charge in [-0.25, -0.2) is 4.98 Å². The summed E-state index contributed by atoms with van der Waals surface area (Å²) in [5, 5.41) is 11.3. The quantitative estimate of drug-likeness (QED) is 0.138. The lowest BCUT2D eigenvalue weighted by Crippen LogP contribution is -2.53. The number of alkyl halides is 3. The van der Waals surface area contributed by atoms with Crippen LogP contribution < -0.4 is 14.9 Å². The number of imide groups is 2. The van der Waals surface area contributed by atoms with Crippen LogP contribution in [0.2, 0.25) is 10.0 Å². The van der Waals surface area contributed by atoms with Gasteiger partial charge >= 0.3 is 6.18 Å². The topological polar surface area (TPSA) is 138 Å². The number of aromatic hydroxyl groups is 1. The van der Waals surface area contributed by atoms with Gasteiger partial charge < -0.3 is 14.6 Å². The van der Waals surface area contributed by atoms with Crippen molar-refractivity contribution in [1.82, 2.24) is 14.9 Å². The van der Waals surface area contributed by atoms with Gasteiger partial charge in [-0.05, 0) is 48.1 Å². The molecule has 0 spiro atoms. The minimum absolute atomic E-state index is 0.0464. The molecule has 294 valence electrons. The number of nitrogens with zero attached hydrogens (tertiary/aromatic N) is 3. The maximum atomic E-state index is 15.5. The number of nitrogens with one attached hydrogen (secondary N) is 1. The van der Waals surface area contributed by atoms with E-state index in [-0.39, 0.29) is 48.1 Å². The van der Waals surface area contributed by atoms with Gasteiger partial charge in [0.1, 0.15) is 17.2 Å². The zero-order chi connectivity index (χ0) is 40.6. The Kier molecular flexibility index (Phi) is 9.47. The van der Waals surface area contributed by atoms with Crippen molar-refractivity contribution in [2.75, 3.05) is 19.6 Å². The van der Waals surface area contributed by atoms with E-state index in [0.29, 0.717) is 33.4 Å². The molecule has 0 radical (unpaired) electrons. The number of pyridine rings is 1. The molecule has 2 saturated heterocycles. The van der Waals surface area contributed by atoms with Crippen molar-refractivity contribution in [3.05, 3.63) is 123 Å².